The highest BCUT2D eigenvalue weighted by molar-refractivity contribution is 9.09. The van der Waals surface area contributed by atoms with Crippen molar-refractivity contribution < 1.29 is 9.53 Å². The van der Waals surface area contributed by atoms with E-state index in [1.807, 2.05) is 0 Å². The summed E-state index contributed by atoms with van der Waals surface area (Å²) in [7, 11) is 0. The Kier molecular flexibility index (Phi) is 4.73. The smallest absolute Gasteiger partial charge is 0.230 e. The van der Waals surface area contributed by atoms with Gasteiger partial charge in [-0.25, -0.2) is 0 Å². The van der Waals surface area contributed by atoms with Gasteiger partial charge in [-0.05, 0) is 25.7 Å². The average molecular weight is 250 g/mol. The third kappa shape index (κ3) is 3.65. The summed E-state index contributed by atoms with van der Waals surface area (Å²) in [6.07, 6.45) is 2.12. The highest BCUT2D eigenvalue weighted by atomic mass is 79.9. The quantitative estimate of drug-likeness (QED) is 0.767. The molecule has 1 amide bonds. The van der Waals surface area contributed by atoms with Crippen LogP contribution in [0.25, 0.3) is 0 Å². The fourth-order valence-electron chi connectivity index (χ4n) is 1.63. The van der Waals surface area contributed by atoms with Crippen molar-refractivity contribution in [1.29, 1.82) is 0 Å². The van der Waals surface area contributed by atoms with E-state index in [9.17, 15) is 4.79 Å². The maximum absolute atomic E-state index is 11.1. The molecule has 1 unspecified atom stereocenters. The molecule has 0 radical (unpaired) electrons. The second kappa shape index (κ2) is 5.60. The van der Waals surface area contributed by atoms with E-state index < -0.39 is 0 Å². The van der Waals surface area contributed by atoms with Crippen LogP contribution in [-0.4, -0.2) is 30.5 Å². The van der Waals surface area contributed by atoms with Gasteiger partial charge in [-0.3, -0.25) is 4.79 Å². The lowest BCUT2D eigenvalue weighted by atomic mass is 9.93. The molecule has 0 bridgehead atoms. The van der Waals surface area contributed by atoms with E-state index in [1.165, 1.54) is 0 Å². The van der Waals surface area contributed by atoms with Gasteiger partial charge in [0, 0.05) is 19.3 Å². The first-order valence-electron chi connectivity index (χ1n) is 4.67. The van der Waals surface area contributed by atoms with Crippen LogP contribution >= 0.6 is 15.9 Å². The standard InChI is InChI=1S/C9H16BrNO2/c1-7(11-9(12)6-10)8-2-4-13-5-3-8/h7-8H,2-6H2,1H3,(H,11,12). The summed E-state index contributed by atoms with van der Waals surface area (Å²) in [6.45, 7) is 3.73. The minimum atomic E-state index is 0.0685. The van der Waals surface area contributed by atoms with Crippen LogP contribution in [-0.2, 0) is 9.53 Å². The number of nitrogens with one attached hydrogen (secondary N) is 1. The van der Waals surface area contributed by atoms with Crippen LogP contribution in [0.3, 0.4) is 0 Å². The molecule has 13 heavy (non-hydrogen) atoms. The van der Waals surface area contributed by atoms with E-state index >= 15 is 0 Å². The zero-order valence-electron chi connectivity index (χ0n) is 7.88. The van der Waals surface area contributed by atoms with Crippen molar-refractivity contribution in [2.45, 2.75) is 25.8 Å². The number of hydrogen-bond donors (Lipinski definition) is 1. The number of ether oxygens (including phenoxy) is 1. The summed E-state index contributed by atoms with van der Waals surface area (Å²) < 4.78 is 5.26. The first kappa shape index (κ1) is 11.0. The van der Waals surface area contributed by atoms with Crippen molar-refractivity contribution in [3.05, 3.63) is 0 Å². The van der Waals surface area contributed by atoms with Gasteiger partial charge in [0.25, 0.3) is 0 Å². The minimum absolute atomic E-state index is 0.0685. The van der Waals surface area contributed by atoms with Crippen molar-refractivity contribution >= 4 is 21.8 Å². The summed E-state index contributed by atoms with van der Waals surface area (Å²) in [5, 5.41) is 3.35. The molecule has 76 valence electrons. The third-order valence-electron chi connectivity index (χ3n) is 2.48. The summed E-state index contributed by atoms with van der Waals surface area (Å²) in [5.74, 6) is 0.649. The zero-order valence-corrected chi connectivity index (χ0v) is 9.47. The summed E-state index contributed by atoms with van der Waals surface area (Å²) in [4.78, 5) is 11.1. The number of alkyl halides is 1. The molecular formula is C9H16BrNO2. The van der Waals surface area contributed by atoms with E-state index in [-0.39, 0.29) is 11.9 Å². The molecule has 0 aliphatic carbocycles. The number of carbonyl (C=O) groups excluding carboxylic acids is 1. The largest absolute Gasteiger partial charge is 0.381 e. The van der Waals surface area contributed by atoms with E-state index in [2.05, 4.69) is 28.2 Å². The van der Waals surface area contributed by atoms with Crippen LogP contribution < -0.4 is 5.32 Å². The number of rotatable bonds is 3. The van der Waals surface area contributed by atoms with Gasteiger partial charge in [-0.15, -0.1) is 0 Å². The van der Waals surface area contributed by atoms with Crippen LogP contribution in [0.1, 0.15) is 19.8 Å². The van der Waals surface area contributed by atoms with Gasteiger partial charge in [0.15, 0.2) is 0 Å². The van der Waals surface area contributed by atoms with E-state index in [1.54, 1.807) is 0 Å². The Morgan fingerprint density at radius 3 is 2.77 bits per heavy atom. The first-order chi connectivity index (χ1) is 6.24. The summed E-state index contributed by atoms with van der Waals surface area (Å²) >= 11 is 3.13. The minimum Gasteiger partial charge on any atom is -0.381 e. The highest BCUT2D eigenvalue weighted by Crippen LogP contribution is 2.18. The van der Waals surface area contributed by atoms with Gasteiger partial charge < -0.3 is 10.1 Å². The van der Waals surface area contributed by atoms with E-state index in [0.717, 1.165) is 26.1 Å². The predicted octanol–water partition coefficient (Wildman–Crippen LogP) is 1.31. The molecule has 3 nitrogen and oxygen atoms in total. The Morgan fingerprint density at radius 2 is 2.23 bits per heavy atom. The predicted molar refractivity (Wildman–Crippen MR) is 54.9 cm³/mol. The van der Waals surface area contributed by atoms with Gasteiger partial charge in [0.05, 0.1) is 5.33 Å². The number of carbonyl (C=O) groups is 1. The molecule has 1 saturated heterocycles. The number of amides is 1. The molecule has 0 aromatic heterocycles. The van der Waals surface area contributed by atoms with Crippen LogP contribution in [0, 0.1) is 5.92 Å². The number of hydrogen-bond acceptors (Lipinski definition) is 2. The Labute approximate surface area is 87.3 Å². The van der Waals surface area contributed by atoms with Crippen molar-refractivity contribution in [3.8, 4) is 0 Å². The van der Waals surface area contributed by atoms with Crippen molar-refractivity contribution in [2.24, 2.45) is 5.92 Å². The van der Waals surface area contributed by atoms with Gasteiger partial charge in [-0.1, -0.05) is 15.9 Å². The summed E-state index contributed by atoms with van der Waals surface area (Å²) in [6, 6.07) is 0.272. The lowest BCUT2D eigenvalue weighted by Crippen LogP contribution is -2.40. The Morgan fingerprint density at radius 1 is 1.62 bits per heavy atom. The maximum atomic E-state index is 11.1. The fourth-order valence-corrected chi connectivity index (χ4v) is 1.79. The first-order valence-corrected chi connectivity index (χ1v) is 5.79. The normalized spacial score (nSPS) is 21.1. The van der Waals surface area contributed by atoms with Gasteiger partial charge >= 0.3 is 0 Å². The zero-order chi connectivity index (χ0) is 9.68. The molecule has 4 heteroatoms. The van der Waals surface area contributed by atoms with Crippen LogP contribution in [0.15, 0.2) is 0 Å². The molecule has 0 aromatic rings. The highest BCUT2D eigenvalue weighted by Gasteiger charge is 2.21. The summed E-state index contributed by atoms with van der Waals surface area (Å²) in [5.41, 5.74) is 0. The monoisotopic (exact) mass is 249 g/mol. The van der Waals surface area contributed by atoms with Gasteiger partial charge in [-0.2, -0.15) is 0 Å². The average Bonchev–Trinajstić information content (AvgIpc) is 2.19. The molecular weight excluding hydrogens is 234 g/mol. The van der Waals surface area contributed by atoms with Crippen molar-refractivity contribution in [3.63, 3.8) is 0 Å². The molecule has 0 aromatic carbocycles. The molecule has 0 saturated carbocycles. The SMILES string of the molecule is CC(NC(=O)CBr)C1CCOCC1. The molecule has 1 N–H and O–H groups in total. The second-order valence-electron chi connectivity index (χ2n) is 3.44. The Hall–Kier alpha value is -0.0900. The van der Waals surface area contributed by atoms with Crippen molar-refractivity contribution in [1.82, 2.24) is 5.32 Å². The Balaban J connectivity index is 2.28. The van der Waals surface area contributed by atoms with Crippen LogP contribution in [0.4, 0.5) is 0 Å². The lowest BCUT2D eigenvalue weighted by molar-refractivity contribution is -0.119. The third-order valence-corrected chi connectivity index (χ3v) is 2.99. The lowest BCUT2D eigenvalue weighted by Gasteiger charge is -2.28. The molecule has 1 rings (SSSR count). The van der Waals surface area contributed by atoms with E-state index in [4.69, 9.17) is 4.74 Å². The molecule has 1 heterocycles. The van der Waals surface area contributed by atoms with Crippen molar-refractivity contribution in [2.75, 3.05) is 18.5 Å². The Bertz CT molecular complexity index is 169. The maximum Gasteiger partial charge on any atom is 0.230 e. The second-order valence-corrected chi connectivity index (χ2v) is 4.00. The topological polar surface area (TPSA) is 38.3 Å². The van der Waals surface area contributed by atoms with E-state index in [0.29, 0.717) is 11.2 Å². The molecule has 1 aliphatic heterocycles. The van der Waals surface area contributed by atoms with Gasteiger partial charge in [0.1, 0.15) is 0 Å². The molecule has 1 aliphatic rings. The molecule has 0 spiro atoms. The fraction of sp³-hybridized carbons (Fsp3) is 0.889. The molecule has 1 atom stereocenters. The van der Waals surface area contributed by atoms with Crippen LogP contribution in [0.5, 0.6) is 0 Å². The molecule has 1 fully saturated rings. The van der Waals surface area contributed by atoms with Crippen LogP contribution in [0.2, 0.25) is 0 Å². The van der Waals surface area contributed by atoms with Gasteiger partial charge in [0.2, 0.25) is 5.91 Å². The number of halogens is 1.